The maximum atomic E-state index is 13.8. The van der Waals surface area contributed by atoms with Crippen molar-refractivity contribution >= 4 is 35.6 Å². The number of nitrogens with one attached hydrogen (secondary N) is 4. The second kappa shape index (κ2) is 18.2. The average Bonchev–Trinajstić information content (AvgIpc) is 3.02. The molecule has 48 heavy (non-hydrogen) atoms. The molecule has 0 spiro atoms. The molecule has 4 amide bonds. The Bertz CT molecular complexity index is 1430. The molecule has 0 aliphatic rings. The standard InChI is InChI=1S/C32H43N5O11/c1-4-16(2)26(31(46)37-27(17(3)38)32(47)48)36-30(45)24(14-19-7-11-21(40)12-8-19)35-29(44)23(13-18-5-9-20(39)10-6-18)34-28(43)22(33)15-25(41)42/h5-12,16-17,22-24,26-27,38-40H,4,13-15,33H2,1-3H3,(H,34,43)(H,35,44)(H,36,45)(H,37,46)(H,41,42)(H,47,48)/t16-,17+,22-,23-,24-,26-,27-/m0/s1. The summed E-state index contributed by atoms with van der Waals surface area (Å²) in [6, 6.07) is 4.21. The third kappa shape index (κ3) is 12.2. The molecule has 2 aromatic carbocycles. The van der Waals surface area contributed by atoms with Crippen molar-refractivity contribution in [3.8, 4) is 11.5 Å². The summed E-state index contributed by atoms with van der Waals surface area (Å²) in [6.07, 6.45) is -2.11. The van der Waals surface area contributed by atoms with Crippen LogP contribution in [0, 0.1) is 5.92 Å². The van der Waals surface area contributed by atoms with E-state index in [1.54, 1.807) is 13.8 Å². The van der Waals surface area contributed by atoms with Crippen LogP contribution in [0.15, 0.2) is 48.5 Å². The maximum Gasteiger partial charge on any atom is 0.328 e. The van der Waals surface area contributed by atoms with E-state index in [0.717, 1.165) is 0 Å². The maximum absolute atomic E-state index is 13.8. The van der Waals surface area contributed by atoms with E-state index in [0.29, 0.717) is 17.5 Å². The molecule has 2 rings (SSSR count). The first-order chi connectivity index (χ1) is 22.5. The Kier molecular flexibility index (Phi) is 14.8. The van der Waals surface area contributed by atoms with E-state index in [2.05, 4.69) is 21.3 Å². The van der Waals surface area contributed by atoms with Crippen molar-refractivity contribution in [2.45, 2.75) is 82.8 Å². The van der Waals surface area contributed by atoms with Crippen molar-refractivity contribution in [3.05, 3.63) is 59.7 Å². The highest BCUT2D eigenvalue weighted by molar-refractivity contribution is 5.96. The van der Waals surface area contributed by atoms with Gasteiger partial charge in [0.15, 0.2) is 6.04 Å². The number of carbonyl (C=O) groups excluding carboxylic acids is 4. The van der Waals surface area contributed by atoms with Gasteiger partial charge in [-0.2, -0.15) is 0 Å². The fourth-order valence-electron chi connectivity index (χ4n) is 4.57. The van der Waals surface area contributed by atoms with E-state index in [1.165, 1.54) is 55.5 Å². The lowest BCUT2D eigenvalue weighted by atomic mass is 9.96. The van der Waals surface area contributed by atoms with Crippen LogP contribution in [-0.4, -0.2) is 97.4 Å². The SMILES string of the molecule is CC[C@H](C)[C@H](NC(=O)[C@H](Cc1ccc(O)cc1)NC(=O)[C@H](Cc1ccc(O)cc1)NC(=O)[C@@H](N)CC(=O)O)C(=O)N[C@H](C(=O)O)[C@@H](C)O. The smallest absolute Gasteiger partial charge is 0.328 e. The molecule has 0 radical (unpaired) electrons. The highest BCUT2D eigenvalue weighted by atomic mass is 16.4. The fraction of sp³-hybridized carbons (Fsp3) is 0.438. The van der Waals surface area contributed by atoms with E-state index >= 15 is 0 Å². The Hall–Kier alpha value is -5.22. The summed E-state index contributed by atoms with van der Waals surface area (Å²) in [7, 11) is 0. The number of aromatic hydroxyl groups is 2. The largest absolute Gasteiger partial charge is 0.508 e. The van der Waals surface area contributed by atoms with Gasteiger partial charge in [0.2, 0.25) is 23.6 Å². The fourth-order valence-corrected chi connectivity index (χ4v) is 4.57. The van der Waals surface area contributed by atoms with Crippen LogP contribution in [0.2, 0.25) is 0 Å². The third-order valence-electron chi connectivity index (χ3n) is 7.59. The molecule has 0 saturated heterocycles. The molecule has 7 atom stereocenters. The molecular weight excluding hydrogens is 630 g/mol. The minimum atomic E-state index is -1.66. The van der Waals surface area contributed by atoms with E-state index < -0.39 is 84.2 Å². The predicted octanol–water partition coefficient (Wildman–Crippen LogP) is -0.864. The first kappa shape index (κ1) is 39.0. The van der Waals surface area contributed by atoms with Crippen LogP contribution in [0.25, 0.3) is 0 Å². The van der Waals surface area contributed by atoms with Crippen molar-refractivity contribution in [2.24, 2.45) is 11.7 Å². The lowest BCUT2D eigenvalue weighted by Gasteiger charge is -2.29. The number of hydrogen-bond donors (Lipinski definition) is 10. The Morgan fingerprint density at radius 3 is 1.48 bits per heavy atom. The van der Waals surface area contributed by atoms with Gasteiger partial charge in [0, 0.05) is 12.8 Å². The van der Waals surface area contributed by atoms with E-state index in [-0.39, 0.29) is 24.3 Å². The van der Waals surface area contributed by atoms with Crippen LogP contribution in [-0.2, 0) is 41.6 Å². The zero-order valence-corrected chi connectivity index (χ0v) is 26.8. The third-order valence-corrected chi connectivity index (χ3v) is 7.59. The molecule has 0 aliphatic heterocycles. The zero-order valence-electron chi connectivity index (χ0n) is 26.8. The van der Waals surface area contributed by atoms with Crippen molar-refractivity contribution in [1.29, 1.82) is 0 Å². The zero-order chi connectivity index (χ0) is 36.1. The van der Waals surface area contributed by atoms with E-state index in [1.807, 2.05) is 0 Å². The molecule has 0 unspecified atom stereocenters. The number of carboxylic acids is 2. The number of carbonyl (C=O) groups is 6. The second-order valence-corrected chi connectivity index (χ2v) is 11.5. The minimum Gasteiger partial charge on any atom is -0.508 e. The van der Waals surface area contributed by atoms with Crippen molar-refractivity contribution in [2.75, 3.05) is 0 Å². The molecule has 262 valence electrons. The summed E-state index contributed by atoms with van der Waals surface area (Å²) in [5, 5.41) is 57.5. The number of nitrogens with two attached hydrogens (primary N) is 1. The Morgan fingerprint density at radius 2 is 1.08 bits per heavy atom. The van der Waals surface area contributed by atoms with Gasteiger partial charge in [-0.3, -0.25) is 24.0 Å². The van der Waals surface area contributed by atoms with Gasteiger partial charge in [-0.25, -0.2) is 4.79 Å². The second-order valence-electron chi connectivity index (χ2n) is 11.5. The van der Waals surface area contributed by atoms with Crippen LogP contribution in [0.1, 0.15) is 44.7 Å². The molecule has 0 aromatic heterocycles. The van der Waals surface area contributed by atoms with Crippen molar-refractivity contribution in [3.63, 3.8) is 0 Å². The number of aliphatic hydroxyl groups is 1. The number of aliphatic carboxylic acids is 2. The Balaban J connectivity index is 2.43. The molecule has 0 heterocycles. The van der Waals surface area contributed by atoms with Gasteiger partial charge >= 0.3 is 11.9 Å². The van der Waals surface area contributed by atoms with Crippen LogP contribution in [0.3, 0.4) is 0 Å². The number of phenolic OH excluding ortho intramolecular Hbond substituents is 2. The Labute approximate surface area is 276 Å². The van der Waals surface area contributed by atoms with Crippen LogP contribution in [0.4, 0.5) is 0 Å². The van der Waals surface area contributed by atoms with Gasteiger partial charge < -0.3 is 52.5 Å². The molecule has 0 fully saturated rings. The molecule has 0 saturated carbocycles. The van der Waals surface area contributed by atoms with Crippen molar-refractivity contribution < 1.29 is 54.3 Å². The monoisotopic (exact) mass is 673 g/mol. The van der Waals surface area contributed by atoms with Gasteiger partial charge in [0.05, 0.1) is 18.6 Å². The molecule has 0 aliphatic carbocycles. The minimum absolute atomic E-state index is 0.0547. The first-order valence-electron chi connectivity index (χ1n) is 15.2. The summed E-state index contributed by atoms with van der Waals surface area (Å²) in [5.41, 5.74) is 6.68. The molecule has 2 aromatic rings. The summed E-state index contributed by atoms with van der Waals surface area (Å²) in [4.78, 5) is 76.2. The van der Waals surface area contributed by atoms with Gasteiger partial charge in [0.1, 0.15) is 29.6 Å². The first-order valence-corrected chi connectivity index (χ1v) is 15.2. The number of hydrogen-bond acceptors (Lipinski definition) is 10. The number of rotatable bonds is 18. The summed E-state index contributed by atoms with van der Waals surface area (Å²) in [5.74, 6) is -7.03. The van der Waals surface area contributed by atoms with Gasteiger partial charge in [0.25, 0.3) is 0 Å². The van der Waals surface area contributed by atoms with Gasteiger partial charge in [-0.15, -0.1) is 0 Å². The molecular formula is C32H43N5O11. The molecule has 0 bridgehead atoms. The predicted molar refractivity (Wildman–Crippen MR) is 170 cm³/mol. The Morgan fingerprint density at radius 1 is 0.667 bits per heavy atom. The summed E-state index contributed by atoms with van der Waals surface area (Å²) in [6.45, 7) is 4.56. The average molecular weight is 674 g/mol. The molecule has 16 nitrogen and oxygen atoms in total. The molecule has 16 heteroatoms. The quantitative estimate of drug-likeness (QED) is 0.0925. The summed E-state index contributed by atoms with van der Waals surface area (Å²) >= 11 is 0. The number of benzene rings is 2. The van der Waals surface area contributed by atoms with Gasteiger partial charge in [-0.05, 0) is 48.2 Å². The van der Waals surface area contributed by atoms with Crippen LogP contribution in [0.5, 0.6) is 11.5 Å². The highest BCUT2D eigenvalue weighted by Gasteiger charge is 2.35. The lowest BCUT2D eigenvalue weighted by Crippen LogP contribution is -2.61. The van der Waals surface area contributed by atoms with E-state index in [4.69, 9.17) is 10.8 Å². The van der Waals surface area contributed by atoms with Crippen LogP contribution < -0.4 is 27.0 Å². The van der Waals surface area contributed by atoms with Crippen molar-refractivity contribution in [1.82, 2.24) is 21.3 Å². The number of aliphatic hydroxyl groups excluding tert-OH is 1. The van der Waals surface area contributed by atoms with Gasteiger partial charge in [-0.1, -0.05) is 44.5 Å². The highest BCUT2D eigenvalue weighted by Crippen LogP contribution is 2.15. The lowest BCUT2D eigenvalue weighted by molar-refractivity contribution is -0.145. The normalized spacial score (nSPS) is 15.4. The summed E-state index contributed by atoms with van der Waals surface area (Å²) < 4.78 is 0. The number of phenols is 2. The number of amides is 4. The van der Waals surface area contributed by atoms with E-state index in [9.17, 15) is 49.2 Å². The topological polar surface area (TPSA) is 278 Å². The number of carboxylic acid groups (broad SMARTS) is 2. The molecule has 11 N–H and O–H groups in total. The van der Waals surface area contributed by atoms with Crippen LogP contribution >= 0.6 is 0 Å².